The molecule has 0 aliphatic carbocycles. The van der Waals surface area contributed by atoms with Crippen LogP contribution in [0.3, 0.4) is 0 Å². The topological polar surface area (TPSA) is 78.4 Å². The van der Waals surface area contributed by atoms with E-state index in [0.717, 1.165) is 8.66 Å². The fourth-order valence-corrected chi connectivity index (χ4v) is 2.68. The number of carboxylic acids is 1. The summed E-state index contributed by atoms with van der Waals surface area (Å²) in [6, 6.07) is 3.00. The van der Waals surface area contributed by atoms with Gasteiger partial charge in [0.15, 0.2) is 0 Å². The Labute approximate surface area is 111 Å². The molecule has 1 amide bonds. The van der Waals surface area contributed by atoms with Gasteiger partial charge in [0.05, 0.1) is 3.79 Å². The second-order valence-corrected chi connectivity index (χ2v) is 5.98. The van der Waals surface area contributed by atoms with Gasteiger partial charge < -0.3 is 15.7 Å². The van der Waals surface area contributed by atoms with Crippen LogP contribution in [0.4, 0.5) is 0 Å². The van der Waals surface area contributed by atoms with Gasteiger partial charge in [-0.05, 0) is 28.1 Å². The summed E-state index contributed by atoms with van der Waals surface area (Å²) in [6.45, 7) is 2.08. The largest absolute Gasteiger partial charge is 0.480 e. The fraction of sp³-hybridized carbons (Fsp3) is 0.400. The van der Waals surface area contributed by atoms with E-state index in [2.05, 4.69) is 26.6 Å². The third-order valence-corrected chi connectivity index (χ3v) is 3.58. The first-order valence-corrected chi connectivity index (χ1v) is 6.55. The summed E-state index contributed by atoms with van der Waals surface area (Å²) in [4.78, 5) is 22.7. The Balaban J connectivity index is 2.37. The summed E-state index contributed by atoms with van der Waals surface area (Å²) >= 11 is 4.93. The SMILES string of the molecule is CC(=O)NC(CNCc1ccc(Br)s1)C(=O)O. The molecule has 1 heterocycles. The van der Waals surface area contributed by atoms with Gasteiger partial charge >= 0.3 is 5.97 Å². The van der Waals surface area contributed by atoms with E-state index in [9.17, 15) is 9.59 Å². The number of carboxylic acid groups (broad SMARTS) is 1. The van der Waals surface area contributed by atoms with Crippen LogP contribution in [-0.4, -0.2) is 29.6 Å². The Kier molecular flexibility index (Phi) is 5.60. The lowest BCUT2D eigenvalue weighted by molar-refractivity contribution is -0.141. The Morgan fingerprint density at radius 3 is 2.71 bits per heavy atom. The molecule has 1 unspecified atom stereocenters. The van der Waals surface area contributed by atoms with E-state index < -0.39 is 12.0 Å². The monoisotopic (exact) mass is 320 g/mol. The summed E-state index contributed by atoms with van der Waals surface area (Å²) in [6.07, 6.45) is 0. The Bertz CT molecular complexity index is 408. The highest BCUT2D eigenvalue weighted by atomic mass is 79.9. The molecule has 1 rings (SSSR count). The summed E-state index contributed by atoms with van der Waals surface area (Å²) in [5, 5.41) is 14.2. The van der Waals surface area contributed by atoms with E-state index >= 15 is 0 Å². The highest BCUT2D eigenvalue weighted by Crippen LogP contribution is 2.21. The van der Waals surface area contributed by atoms with Crippen LogP contribution in [0.1, 0.15) is 11.8 Å². The minimum absolute atomic E-state index is 0.199. The van der Waals surface area contributed by atoms with Crippen molar-refractivity contribution in [3.8, 4) is 0 Å². The molecule has 94 valence electrons. The highest BCUT2D eigenvalue weighted by molar-refractivity contribution is 9.11. The molecule has 7 heteroatoms. The molecule has 0 fully saturated rings. The molecule has 5 nitrogen and oxygen atoms in total. The quantitative estimate of drug-likeness (QED) is 0.735. The molecule has 1 aromatic heterocycles. The molecule has 0 saturated carbocycles. The number of aliphatic carboxylic acids is 1. The van der Waals surface area contributed by atoms with E-state index in [4.69, 9.17) is 5.11 Å². The first-order chi connectivity index (χ1) is 7.99. The van der Waals surface area contributed by atoms with Gasteiger partial charge in [0.2, 0.25) is 5.91 Å². The zero-order valence-corrected chi connectivity index (χ0v) is 11.6. The lowest BCUT2D eigenvalue weighted by atomic mass is 10.3. The van der Waals surface area contributed by atoms with E-state index in [-0.39, 0.29) is 12.5 Å². The average molecular weight is 321 g/mol. The number of nitrogens with one attached hydrogen (secondary N) is 2. The number of hydrogen-bond donors (Lipinski definition) is 3. The summed E-state index contributed by atoms with van der Waals surface area (Å²) in [7, 11) is 0. The van der Waals surface area contributed by atoms with Crippen LogP contribution in [0.25, 0.3) is 0 Å². The second kappa shape index (κ2) is 6.73. The van der Waals surface area contributed by atoms with Crippen LogP contribution in [0.5, 0.6) is 0 Å². The fourth-order valence-electron chi connectivity index (χ4n) is 1.23. The number of thiophene rings is 1. The van der Waals surface area contributed by atoms with Crippen molar-refractivity contribution in [3.63, 3.8) is 0 Å². The van der Waals surface area contributed by atoms with Crippen LogP contribution in [0.15, 0.2) is 15.9 Å². The first-order valence-electron chi connectivity index (χ1n) is 4.94. The molecule has 1 aromatic rings. The minimum atomic E-state index is -1.04. The van der Waals surface area contributed by atoms with Gasteiger partial charge in [-0.1, -0.05) is 0 Å². The highest BCUT2D eigenvalue weighted by Gasteiger charge is 2.17. The van der Waals surface area contributed by atoms with E-state index in [0.29, 0.717) is 6.54 Å². The summed E-state index contributed by atoms with van der Waals surface area (Å²) in [5.41, 5.74) is 0. The first kappa shape index (κ1) is 14.1. The van der Waals surface area contributed by atoms with Gasteiger partial charge in [-0.15, -0.1) is 11.3 Å². The van der Waals surface area contributed by atoms with Gasteiger partial charge in [-0.3, -0.25) is 4.79 Å². The number of hydrogen-bond acceptors (Lipinski definition) is 4. The second-order valence-electron chi connectivity index (χ2n) is 3.43. The molecule has 3 N–H and O–H groups in total. The summed E-state index contributed by atoms with van der Waals surface area (Å²) < 4.78 is 1.03. The van der Waals surface area contributed by atoms with Gasteiger partial charge in [0.25, 0.3) is 0 Å². The lowest BCUT2D eigenvalue weighted by Crippen LogP contribution is -2.46. The molecule has 0 saturated heterocycles. The van der Waals surface area contributed by atoms with E-state index in [1.54, 1.807) is 11.3 Å². The smallest absolute Gasteiger partial charge is 0.327 e. The van der Waals surface area contributed by atoms with Gasteiger partial charge in [0.1, 0.15) is 6.04 Å². The normalized spacial score (nSPS) is 12.1. The van der Waals surface area contributed by atoms with E-state index in [1.807, 2.05) is 12.1 Å². The minimum Gasteiger partial charge on any atom is -0.480 e. The van der Waals surface area contributed by atoms with Crippen molar-refractivity contribution in [2.75, 3.05) is 6.54 Å². The number of halogens is 1. The Hall–Kier alpha value is -0.920. The standard InChI is InChI=1S/C10H13BrN2O3S/c1-6(14)13-8(10(15)16)5-12-4-7-2-3-9(11)17-7/h2-3,8,12H,4-5H2,1H3,(H,13,14)(H,15,16). The molecule has 17 heavy (non-hydrogen) atoms. The van der Waals surface area contributed by atoms with Crippen molar-refractivity contribution in [2.45, 2.75) is 19.5 Å². The van der Waals surface area contributed by atoms with Crippen molar-refractivity contribution in [2.24, 2.45) is 0 Å². The lowest BCUT2D eigenvalue weighted by Gasteiger charge is -2.13. The average Bonchev–Trinajstić information content (AvgIpc) is 2.62. The maximum Gasteiger partial charge on any atom is 0.327 e. The van der Waals surface area contributed by atoms with Crippen LogP contribution in [0, 0.1) is 0 Å². The molecule has 0 radical (unpaired) electrons. The molecule has 0 aliphatic rings. The third-order valence-electron chi connectivity index (χ3n) is 1.95. The van der Waals surface area contributed by atoms with Crippen molar-refractivity contribution in [1.82, 2.24) is 10.6 Å². The van der Waals surface area contributed by atoms with Crippen LogP contribution < -0.4 is 10.6 Å². The predicted octanol–water partition coefficient (Wildman–Crippen LogP) is 1.19. The van der Waals surface area contributed by atoms with Crippen LogP contribution in [0.2, 0.25) is 0 Å². The van der Waals surface area contributed by atoms with E-state index in [1.165, 1.54) is 6.92 Å². The molecule has 0 bridgehead atoms. The molecule has 0 aliphatic heterocycles. The Morgan fingerprint density at radius 1 is 1.53 bits per heavy atom. The number of rotatable bonds is 6. The number of carbonyl (C=O) groups is 2. The Morgan fingerprint density at radius 2 is 2.24 bits per heavy atom. The zero-order chi connectivity index (χ0) is 12.8. The molecular formula is C10H13BrN2O3S. The van der Waals surface area contributed by atoms with Crippen molar-refractivity contribution >= 4 is 39.1 Å². The number of carbonyl (C=O) groups excluding carboxylic acids is 1. The number of amides is 1. The molecule has 1 atom stereocenters. The van der Waals surface area contributed by atoms with Crippen LogP contribution >= 0.6 is 27.3 Å². The van der Waals surface area contributed by atoms with Crippen LogP contribution in [-0.2, 0) is 16.1 Å². The zero-order valence-electron chi connectivity index (χ0n) is 9.20. The maximum atomic E-state index is 10.8. The van der Waals surface area contributed by atoms with Gasteiger partial charge in [0, 0.05) is 24.9 Å². The molecule has 0 spiro atoms. The van der Waals surface area contributed by atoms with Crippen molar-refractivity contribution in [1.29, 1.82) is 0 Å². The predicted molar refractivity (Wildman–Crippen MR) is 69.0 cm³/mol. The molecule has 0 aromatic carbocycles. The summed E-state index contributed by atoms with van der Waals surface area (Å²) in [5.74, 6) is -1.39. The van der Waals surface area contributed by atoms with Gasteiger partial charge in [-0.2, -0.15) is 0 Å². The van der Waals surface area contributed by atoms with Crippen molar-refractivity contribution < 1.29 is 14.7 Å². The molecular weight excluding hydrogens is 308 g/mol. The maximum absolute atomic E-state index is 10.8. The van der Waals surface area contributed by atoms with Gasteiger partial charge in [-0.25, -0.2) is 4.79 Å². The third kappa shape index (κ3) is 5.29. The van der Waals surface area contributed by atoms with Crippen molar-refractivity contribution in [3.05, 3.63) is 20.8 Å².